The molecule has 19 heavy (non-hydrogen) atoms. The molecular formula is C12H15N3O4. The number of aromatic hydroxyl groups is 1. The fourth-order valence-electron chi connectivity index (χ4n) is 2.22. The van der Waals surface area contributed by atoms with Crippen LogP contribution >= 0.6 is 0 Å². The second kappa shape index (κ2) is 5.23. The average Bonchev–Trinajstić information content (AvgIpc) is 2.70. The van der Waals surface area contributed by atoms with Gasteiger partial charge in [0.2, 0.25) is 0 Å². The second-order valence-corrected chi connectivity index (χ2v) is 4.57. The first-order valence-electron chi connectivity index (χ1n) is 5.87. The number of pyridine rings is 1. The quantitative estimate of drug-likeness (QED) is 0.692. The van der Waals surface area contributed by atoms with E-state index in [1.54, 1.807) is 11.9 Å². The van der Waals surface area contributed by atoms with E-state index in [0.29, 0.717) is 13.0 Å². The number of hydrogen-bond donors (Lipinski definition) is 3. The summed E-state index contributed by atoms with van der Waals surface area (Å²) in [5.41, 5.74) is -0.0519. The summed E-state index contributed by atoms with van der Waals surface area (Å²) in [6, 6.07) is 2.04. The molecule has 7 nitrogen and oxygen atoms in total. The molecule has 1 aromatic heterocycles. The normalized spacial score (nSPS) is 23.2. The van der Waals surface area contributed by atoms with Crippen molar-refractivity contribution < 1.29 is 19.8 Å². The predicted molar refractivity (Wildman–Crippen MR) is 65.8 cm³/mol. The minimum absolute atomic E-state index is 0.0519. The van der Waals surface area contributed by atoms with Crippen LogP contribution in [0, 0.1) is 0 Å². The average molecular weight is 265 g/mol. The molecule has 7 heteroatoms. The zero-order chi connectivity index (χ0) is 14.0. The second-order valence-electron chi connectivity index (χ2n) is 4.57. The maximum absolute atomic E-state index is 11.9. The minimum atomic E-state index is -0.903. The number of carboxylic acids is 1. The van der Waals surface area contributed by atoms with E-state index in [1.807, 2.05) is 0 Å². The molecule has 0 radical (unpaired) electrons. The number of aliphatic carboxylic acids is 1. The monoisotopic (exact) mass is 265 g/mol. The maximum atomic E-state index is 11.9. The van der Waals surface area contributed by atoms with Gasteiger partial charge in [0.15, 0.2) is 5.69 Å². The first-order chi connectivity index (χ1) is 8.99. The maximum Gasteiger partial charge on any atom is 0.320 e. The fraction of sp³-hybridized carbons (Fsp3) is 0.417. The molecule has 0 bridgehead atoms. The van der Waals surface area contributed by atoms with E-state index in [9.17, 15) is 14.7 Å². The summed E-state index contributed by atoms with van der Waals surface area (Å²) in [7, 11) is 1.70. The number of likely N-dealkylation sites (tertiary alicyclic amines) is 1. The van der Waals surface area contributed by atoms with E-state index in [1.165, 1.54) is 18.3 Å². The summed E-state index contributed by atoms with van der Waals surface area (Å²) in [5.74, 6) is -1.59. The summed E-state index contributed by atoms with van der Waals surface area (Å²) >= 11 is 0. The number of carboxylic acid groups (broad SMARTS) is 1. The molecule has 1 aromatic rings. The van der Waals surface area contributed by atoms with E-state index in [0.717, 1.165) is 0 Å². The van der Waals surface area contributed by atoms with Gasteiger partial charge in [0.05, 0.1) is 0 Å². The Morgan fingerprint density at radius 2 is 2.26 bits per heavy atom. The topological polar surface area (TPSA) is 103 Å². The molecule has 1 amide bonds. The highest BCUT2D eigenvalue weighted by Gasteiger charge is 2.35. The number of nitrogens with one attached hydrogen (secondary N) is 1. The summed E-state index contributed by atoms with van der Waals surface area (Å²) < 4.78 is 0. The molecule has 0 aromatic carbocycles. The molecular weight excluding hydrogens is 250 g/mol. The minimum Gasteiger partial charge on any atom is -0.505 e. The molecule has 3 N–H and O–H groups in total. The van der Waals surface area contributed by atoms with E-state index >= 15 is 0 Å². The van der Waals surface area contributed by atoms with Crippen molar-refractivity contribution in [3.8, 4) is 5.75 Å². The van der Waals surface area contributed by atoms with Gasteiger partial charge in [0.25, 0.3) is 5.91 Å². The van der Waals surface area contributed by atoms with Crippen molar-refractivity contribution in [1.82, 2.24) is 15.2 Å². The molecule has 0 unspecified atom stereocenters. The first-order valence-corrected chi connectivity index (χ1v) is 5.87. The number of nitrogens with zero attached hydrogens (tertiary/aromatic N) is 2. The van der Waals surface area contributed by atoms with Gasteiger partial charge in [-0.05, 0) is 25.6 Å². The lowest BCUT2D eigenvalue weighted by Crippen LogP contribution is -2.36. The third kappa shape index (κ3) is 2.82. The smallest absolute Gasteiger partial charge is 0.320 e. The lowest BCUT2D eigenvalue weighted by atomic mass is 10.1. The highest BCUT2D eigenvalue weighted by molar-refractivity contribution is 5.95. The molecule has 2 rings (SSSR count). The number of aromatic nitrogens is 1. The Labute approximate surface area is 109 Å². The molecule has 1 aliphatic rings. The number of hydrogen-bond acceptors (Lipinski definition) is 5. The summed E-state index contributed by atoms with van der Waals surface area (Å²) in [6.45, 7) is 0.455. The molecule has 1 fully saturated rings. The Bertz CT molecular complexity index is 506. The van der Waals surface area contributed by atoms with Gasteiger partial charge >= 0.3 is 5.97 Å². The van der Waals surface area contributed by atoms with Crippen LogP contribution in [-0.4, -0.2) is 57.6 Å². The zero-order valence-corrected chi connectivity index (χ0v) is 10.4. The van der Waals surface area contributed by atoms with Crippen LogP contribution in [0.4, 0.5) is 0 Å². The van der Waals surface area contributed by atoms with Crippen molar-refractivity contribution >= 4 is 11.9 Å². The van der Waals surface area contributed by atoms with E-state index in [-0.39, 0.29) is 17.5 Å². The van der Waals surface area contributed by atoms with E-state index in [2.05, 4.69) is 10.3 Å². The lowest BCUT2D eigenvalue weighted by Gasteiger charge is -2.13. The third-order valence-corrected chi connectivity index (χ3v) is 3.17. The molecule has 102 valence electrons. The van der Waals surface area contributed by atoms with Crippen LogP contribution in [0.5, 0.6) is 5.75 Å². The Kier molecular flexibility index (Phi) is 3.66. The predicted octanol–water partition coefficient (Wildman–Crippen LogP) is -0.326. The van der Waals surface area contributed by atoms with Crippen molar-refractivity contribution in [2.75, 3.05) is 13.6 Å². The van der Waals surface area contributed by atoms with Crippen molar-refractivity contribution in [3.63, 3.8) is 0 Å². The van der Waals surface area contributed by atoms with Crippen LogP contribution < -0.4 is 5.32 Å². The van der Waals surface area contributed by atoms with Crippen molar-refractivity contribution in [2.45, 2.75) is 18.5 Å². The van der Waals surface area contributed by atoms with Gasteiger partial charge in [-0.15, -0.1) is 0 Å². The molecule has 2 heterocycles. The molecule has 1 aliphatic heterocycles. The van der Waals surface area contributed by atoms with Gasteiger partial charge in [-0.3, -0.25) is 14.5 Å². The summed E-state index contributed by atoms with van der Waals surface area (Å²) in [4.78, 5) is 28.3. The molecule has 2 atom stereocenters. The largest absolute Gasteiger partial charge is 0.505 e. The zero-order valence-electron chi connectivity index (χ0n) is 10.4. The van der Waals surface area contributed by atoms with Gasteiger partial charge in [0.1, 0.15) is 11.8 Å². The van der Waals surface area contributed by atoms with Crippen molar-refractivity contribution in [1.29, 1.82) is 0 Å². The van der Waals surface area contributed by atoms with Crippen LogP contribution in [0.1, 0.15) is 16.9 Å². The number of amides is 1. The van der Waals surface area contributed by atoms with Crippen LogP contribution in [0.25, 0.3) is 0 Å². The van der Waals surface area contributed by atoms with Gasteiger partial charge in [-0.2, -0.15) is 0 Å². The third-order valence-electron chi connectivity index (χ3n) is 3.17. The molecule has 0 aliphatic carbocycles. The summed E-state index contributed by atoms with van der Waals surface area (Å²) in [6.07, 6.45) is 1.75. The SMILES string of the molecule is CN1C[C@H](NC(=O)c2ncccc2O)C[C@H]1C(=O)O. The molecule has 0 spiro atoms. The highest BCUT2D eigenvalue weighted by Crippen LogP contribution is 2.18. The highest BCUT2D eigenvalue weighted by atomic mass is 16.4. The van der Waals surface area contributed by atoms with Gasteiger partial charge < -0.3 is 15.5 Å². The number of likely N-dealkylation sites (N-methyl/N-ethyl adjacent to an activating group) is 1. The van der Waals surface area contributed by atoms with Crippen molar-refractivity contribution in [2.24, 2.45) is 0 Å². The fourth-order valence-corrected chi connectivity index (χ4v) is 2.22. The van der Waals surface area contributed by atoms with E-state index < -0.39 is 17.9 Å². The number of carbonyl (C=O) groups excluding carboxylic acids is 1. The Morgan fingerprint density at radius 3 is 2.84 bits per heavy atom. The van der Waals surface area contributed by atoms with Gasteiger partial charge in [0, 0.05) is 18.8 Å². The van der Waals surface area contributed by atoms with Crippen LogP contribution in [0.3, 0.4) is 0 Å². The van der Waals surface area contributed by atoms with Crippen molar-refractivity contribution in [3.05, 3.63) is 24.0 Å². The molecule has 1 saturated heterocycles. The lowest BCUT2D eigenvalue weighted by molar-refractivity contribution is -0.141. The Morgan fingerprint density at radius 1 is 1.53 bits per heavy atom. The number of carbonyl (C=O) groups is 2. The standard InChI is InChI=1S/C12H15N3O4/c1-15-6-7(5-8(15)12(18)19)14-11(17)10-9(16)3-2-4-13-10/h2-4,7-8,16H,5-6H2,1H3,(H,14,17)(H,18,19)/t7-,8+/m1/s1. The van der Waals surface area contributed by atoms with Gasteiger partial charge in [-0.25, -0.2) is 4.98 Å². The van der Waals surface area contributed by atoms with Gasteiger partial charge in [-0.1, -0.05) is 0 Å². The first kappa shape index (κ1) is 13.3. The van der Waals surface area contributed by atoms with Crippen LogP contribution in [0.15, 0.2) is 18.3 Å². The van der Waals surface area contributed by atoms with E-state index in [4.69, 9.17) is 5.11 Å². The summed E-state index contributed by atoms with van der Waals surface area (Å²) in [5, 5.41) is 21.2. The molecule has 0 saturated carbocycles. The van der Waals surface area contributed by atoms with Crippen LogP contribution in [-0.2, 0) is 4.79 Å². The Hall–Kier alpha value is -2.15. The van der Waals surface area contributed by atoms with Crippen LogP contribution in [0.2, 0.25) is 0 Å². The Balaban J connectivity index is 2.02. The number of rotatable bonds is 3.